The molecule has 1 aliphatic rings. The summed E-state index contributed by atoms with van der Waals surface area (Å²) in [5, 5.41) is -3.02. The summed E-state index contributed by atoms with van der Waals surface area (Å²) in [5.74, 6) is 0. The zero-order chi connectivity index (χ0) is 66.4. The molecule has 0 fully saturated rings. The van der Waals surface area contributed by atoms with Gasteiger partial charge in [-0.25, -0.2) is 0 Å². The number of benzene rings is 8. The molecule has 0 N–H and O–H groups in total. The zero-order valence-corrected chi connectivity index (χ0v) is 26.4. The van der Waals surface area contributed by atoms with Gasteiger partial charge in [0.25, 0.3) is 0 Å². The van der Waals surface area contributed by atoms with E-state index in [9.17, 15) is 20.6 Å². The maximum Gasteiger partial charge on any atom is 0.0648 e. The SMILES string of the molecule is [2H]c1c([2H])c([2H])c(-c2c([2H])c([2H])c(-n3c4c([2H])c([2H])c([2H])c([2H])c4c4c([2H])c(-c5c([2H])c([2H])c6c(c5[2H])c5c([2H])c([2H])c([2H])c([2H])c5n6-c5c([2H])c([2H])c6c(c5[2H])C(C([2H])([2H])[2H])(C([2H])([2H])[2H])c5c([2H])c([2H])c([2H])c([2H])c5-6)c([2H])c([2H])c43)c([2H])c2[2H])c([2H])c1[2H]. The van der Waals surface area contributed by atoms with E-state index in [1.54, 1.807) is 0 Å². The van der Waals surface area contributed by atoms with Crippen LogP contribution in [-0.2, 0) is 5.41 Å². The fraction of sp³-hybridized carbons (Fsp3) is 0.0588. The van der Waals surface area contributed by atoms with Gasteiger partial charge in [0.05, 0.1) is 63.2 Å². The minimum atomic E-state index is -3.92. The Morgan fingerprint density at radius 2 is 0.868 bits per heavy atom. The first-order chi connectivity index (χ1) is 41.1. The lowest BCUT2D eigenvalue weighted by atomic mass is 9.82. The Hall–Kier alpha value is -6.64. The predicted octanol–water partition coefficient (Wildman–Crippen LogP) is 13.5. The van der Waals surface area contributed by atoms with Crippen molar-refractivity contribution in [1.29, 1.82) is 0 Å². The van der Waals surface area contributed by atoms with E-state index in [0.717, 1.165) is 0 Å². The van der Waals surface area contributed by atoms with Crippen molar-refractivity contribution < 1.29 is 49.3 Å². The first-order valence-corrected chi connectivity index (χ1v) is 15.6. The third-order valence-electron chi connectivity index (χ3n) is 8.86. The summed E-state index contributed by atoms with van der Waals surface area (Å²) in [4.78, 5) is 0. The van der Waals surface area contributed by atoms with Crippen LogP contribution >= 0.6 is 0 Å². The van der Waals surface area contributed by atoms with Crippen molar-refractivity contribution in [3.05, 3.63) is 192 Å². The van der Waals surface area contributed by atoms with Gasteiger partial charge in [-0.1, -0.05) is 135 Å². The van der Waals surface area contributed by atoms with Crippen molar-refractivity contribution in [3.8, 4) is 44.8 Å². The summed E-state index contributed by atoms with van der Waals surface area (Å²) in [6.07, 6.45) is 0. The maximum atomic E-state index is 9.98. The number of fused-ring (bicyclic) bond motifs is 9. The fourth-order valence-electron chi connectivity index (χ4n) is 6.53. The molecule has 0 spiro atoms. The highest BCUT2D eigenvalue weighted by atomic mass is 15.0. The molecule has 0 bridgehead atoms. The van der Waals surface area contributed by atoms with Crippen LogP contribution in [0.4, 0.5) is 0 Å². The molecule has 10 aromatic rings. The van der Waals surface area contributed by atoms with Gasteiger partial charge in [-0.05, 0) is 105 Å². The number of nitrogens with zero attached hydrogens (tertiary/aromatic N) is 2. The third-order valence-corrected chi connectivity index (χ3v) is 8.86. The van der Waals surface area contributed by atoms with Crippen molar-refractivity contribution in [3.63, 3.8) is 0 Å². The summed E-state index contributed by atoms with van der Waals surface area (Å²) in [6.45, 7) is -7.85. The molecule has 2 heteroatoms. The molecule has 11 rings (SSSR count). The van der Waals surface area contributed by atoms with Crippen LogP contribution in [0.25, 0.3) is 88.4 Å². The van der Waals surface area contributed by atoms with Gasteiger partial charge < -0.3 is 9.13 Å². The minimum absolute atomic E-state index is 0.531. The first kappa shape index (κ1) is 11.2. The quantitative estimate of drug-likeness (QED) is 0.172. The second-order valence-electron chi connectivity index (χ2n) is 11.8. The molecule has 0 amide bonds. The van der Waals surface area contributed by atoms with Crippen LogP contribution in [0, 0.1) is 0 Å². The molecule has 250 valence electrons. The van der Waals surface area contributed by atoms with E-state index in [4.69, 9.17) is 28.8 Å². The molecule has 0 unspecified atom stereocenters. The van der Waals surface area contributed by atoms with Crippen molar-refractivity contribution in [1.82, 2.24) is 9.13 Å². The van der Waals surface area contributed by atoms with Crippen LogP contribution in [-0.4, -0.2) is 9.13 Å². The average molecular weight is 713 g/mol. The molecule has 0 radical (unpaired) electrons. The normalized spacial score (nSPS) is 23.3. The number of rotatable bonds is 4. The van der Waals surface area contributed by atoms with Gasteiger partial charge in [0.1, 0.15) is 0 Å². The Balaban J connectivity index is 1.31. The van der Waals surface area contributed by atoms with Gasteiger partial charge in [-0.2, -0.15) is 0 Å². The topological polar surface area (TPSA) is 9.86 Å². The molecular weight excluding hydrogens is 641 g/mol. The monoisotopic (exact) mass is 713 g/mol. The van der Waals surface area contributed by atoms with Crippen LogP contribution in [0.15, 0.2) is 181 Å². The van der Waals surface area contributed by atoms with Gasteiger partial charge in [-0.15, -0.1) is 0 Å². The molecule has 1 aliphatic carbocycles. The first-order valence-electron chi connectivity index (χ1n) is 33.6. The lowest BCUT2D eigenvalue weighted by Gasteiger charge is -2.22. The second-order valence-corrected chi connectivity index (χ2v) is 11.8. The van der Waals surface area contributed by atoms with Crippen LogP contribution in [0.2, 0.25) is 0 Å². The highest BCUT2D eigenvalue weighted by molar-refractivity contribution is 6.12. The average Bonchev–Trinajstić information content (AvgIpc) is 1.54. The van der Waals surface area contributed by atoms with Gasteiger partial charge >= 0.3 is 0 Å². The Morgan fingerprint density at radius 1 is 0.377 bits per heavy atom. The van der Waals surface area contributed by atoms with Crippen LogP contribution in [0.5, 0.6) is 0 Å². The number of para-hydroxylation sites is 2. The van der Waals surface area contributed by atoms with E-state index < -0.39 is 300 Å². The van der Waals surface area contributed by atoms with Crippen LogP contribution in [0.1, 0.15) is 74.2 Å². The molecule has 0 atom stereocenters. The number of hydrogen-bond acceptors (Lipinski definition) is 0. The smallest absolute Gasteiger partial charge is 0.0648 e. The lowest BCUT2D eigenvalue weighted by molar-refractivity contribution is 0.660. The minimum Gasteiger partial charge on any atom is -0.309 e. The summed E-state index contributed by atoms with van der Waals surface area (Å²) in [5.41, 5.74) is -16.5. The Morgan fingerprint density at radius 3 is 1.53 bits per heavy atom. The Kier molecular flexibility index (Phi) is 2.36. The van der Waals surface area contributed by atoms with Crippen molar-refractivity contribution in [2.75, 3.05) is 0 Å². The molecule has 8 aromatic carbocycles. The molecule has 0 aliphatic heterocycles. The van der Waals surface area contributed by atoms with E-state index in [-0.39, 0.29) is 0 Å². The van der Waals surface area contributed by atoms with Gasteiger partial charge in [0.15, 0.2) is 0 Å². The van der Waals surface area contributed by atoms with E-state index >= 15 is 0 Å². The largest absolute Gasteiger partial charge is 0.309 e. The summed E-state index contributed by atoms with van der Waals surface area (Å²) in [7, 11) is 0. The second kappa shape index (κ2) is 11.2. The molecule has 2 aromatic heterocycles. The van der Waals surface area contributed by atoms with Gasteiger partial charge in [0.2, 0.25) is 0 Å². The van der Waals surface area contributed by atoms with Crippen molar-refractivity contribution in [2.45, 2.75) is 19.1 Å². The van der Waals surface area contributed by atoms with E-state index in [0.29, 0.717) is 9.13 Å². The lowest BCUT2D eigenvalue weighted by Crippen LogP contribution is -2.15. The van der Waals surface area contributed by atoms with Crippen LogP contribution in [0.3, 0.4) is 0 Å². The summed E-state index contributed by atoms with van der Waals surface area (Å²) >= 11 is 0. The fourth-order valence-corrected chi connectivity index (χ4v) is 6.53. The molecule has 53 heavy (non-hydrogen) atoms. The maximum absolute atomic E-state index is 9.98. The Bertz CT molecular complexity index is 4970. The molecule has 0 saturated heterocycles. The molecule has 2 nitrogen and oxygen atoms in total. The van der Waals surface area contributed by atoms with Crippen molar-refractivity contribution in [2.24, 2.45) is 0 Å². The summed E-state index contributed by atoms with van der Waals surface area (Å²) in [6, 6.07) is -32.0. The summed E-state index contributed by atoms with van der Waals surface area (Å²) < 4.78 is 327. The number of aromatic nitrogens is 2. The van der Waals surface area contributed by atoms with Gasteiger partial charge in [0, 0.05) is 46.6 Å². The third kappa shape index (κ3) is 4.39. The molecule has 0 saturated carbocycles. The predicted molar refractivity (Wildman–Crippen MR) is 224 cm³/mol. The standard InChI is InChI=1S/C51H36N2/c1-51(2)45-17-9-6-14-39(45)40-27-26-38(32-46(40)51)53-48-19-11-8-16-42(48)44-31-36(23-29-50(44)53)35-22-28-49-43(30-35)41-15-7-10-18-47(41)52(49)37-24-20-34(21-25-37)33-12-4-3-5-13-33/h3-32H,1-2H3/i1D3,2D3,3D,4D,5D,6D,7D,8D,9D,10D,11D,12D,13D,14D,15D,16D,17D,18D,19D,20D,21D,22D,23D,24D,25D,26D,27D,28D,29D,30D,31D,32D. The highest BCUT2D eigenvalue weighted by Crippen LogP contribution is 2.49. The number of hydrogen-bond donors (Lipinski definition) is 0. The van der Waals surface area contributed by atoms with Crippen molar-refractivity contribution >= 4 is 43.6 Å². The zero-order valence-electron chi connectivity index (χ0n) is 62.4. The molecular formula is C51H36N2. The molecule has 2 heterocycles. The van der Waals surface area contributed by atoms with E-state index in [2.05, 4.69) is 0 Å². The highest BCUT2D eigenvalue weighted by Gasteiger charge is 2.35. The van der Waals surface area contributed by atoms with E-state index in [1.807, 2.05) is 0 Å². The Labute approximate surface area is 359 Å². The van der Waals surface area contributed by atoms with Crippen LogP contribution < -0.4 is 0 Å². The van der Waals surface area contributed by atoms with E-state index in [1.165, 1.54) is 0 Å². The van der Waals surface area contributed by atoms with Gasteiger partial charge in [-0.3, -0.25) is 0 Å².